The minimum Gasteiger partial charge on any atom is -0.494 e. The first-order valence-electron chi connectivity index (χ1n) is 10.6. The first kappa shape index (κ1) is 22.6. The molecule has 0 aliphatic heterocycles. The number of carbonyl (C=O) groups excluding carboxylic acids is 1. The highest BCUT2D eigenvalue weighted by Crippen LogP contribution is 2.24. The maximum atomic E-state index is 12.3. The number of nitrogens with one attached hydrogen (secondary N) is 1. The average Bonchev–Trinajstić information content (AvgIpc) is 3.28. The zero-order valence-corrected chi connectivity index (χ0v) is 18.4. The molecule has 34 heavy (non-hydrogen) atoms. The number of carboxylic acid groups (broad SMARTS) is 1. The monoisotopic (exact) mass is 458 g/mol. The Morgan fingerprint density at radius 3 is 2.41 bits per heavy atom. The molecule has 4 aromatic rings. The quantitative estimate of drug-likeness (QED) is 0.273. The number of benzene rings is 3. The summed E-state index contributed by atoms with van der Waals surface area (Å²) < 4.78 is 16.8. The van der Waals surface area contributed by atoms with E-state index in [0.717, 1.165) is 16.5 Å². The second kappa shape index (κ2) is 10.4. The van der Waals surface area contributed by atoms with Crippen LogP contribution >= 0.6 is 0 Å². The number of hydrazone groups is 1. The predicted octanol–water partition coefficient (Wildman–Crippen LogP) is 4.87. The molecule has 2 N–H and O–H groups in total. The minimum atomic E-state index is -0.963. The fourth-order valence-corrected chi connectivity index (χ4v) is 3.17. The van der Waals surface area contributed by atoms with Gasteiger partial charge in [-0.3, -0.25) is 4.79 Å². The van der Waals surface area contributed by atoms with Gasteiger partial charge in [-0.1, -0.05) is 12.1 Å². The first-order valence-corrected chi connectivity index (χ1v) is 10.6. The van der Waals surface area contributed by atoms with Gasteiger partial charge in [0.2, 0.25) is 0 Å². The molecule has 0 aliphatic rings. The van der Waals surface area contributed by atoms with Gasteiger partial charge in [0.15, 0.2) is 5.76 Å². The van der Waals surface area contributed by atoms with Crippen molar-refractivity contribution in [2.75, 3.05) is 6.61 Å². The van der Waals surface area contributed by atoms with Gasteiger partial charge in [0.05, 0.1) is 18.4 Å². The lowest BCUT2D eigenvalue weighted by Crippen LogP contribution is -2.16. The van der Waals surface area contributed by atoms with Gasteiger partial charge >= 0.3 is 11.9 Å². The number of hydrogen-bond acceptors (Lipinski definition) is 6. The summed E-state index contributed by atoms with van der Waals surface area (Å²) in [4.78, 5) is 23.2. The molecule has 1 amide bonds. The number of amides is 1. The van der Waals surface area contributed by atoms with E-state index in [2.05, 4.69) is 10.5 Å². The molecule has 1 aromatic heterocycles. The molecule has 0 fully saturated rings. The van der Waals surface area contributed by atoms with Crippen molar-refractivity contribution in [3.05, 3.63) is 95.2 Å². The molecule has 0 saturated carbocycles. The molecule has 0 aliphatic carbocycles. The van der Waals surface area contributed by atoms with E-state index in [1.54, 1.807) is 66.7 Å². The van der Waals surface area contributed by atoms with Gasteiger partial charge in [-0.25, -0.2) is 10.2 Å². The fourth-order valence-electron chi connectivity index (χ4n) is 3.17. The largest absolute Gasteiger partial charge is 0.494 e. The summed E-state index contributed by atoms with van der Waals surface area (Å²) in [5.74, 6) is 0.0938. The van der Waals surface area contributed by atoms with Crippen LogP contribution in [0.3, 0.4) is 0 Å². The third kappa shape index (κ3) is 5.60. The summed E-state index contributed by atoms with van der Waals surface area (Å²) in [5, 5.41) is 13.7. The zero-order valence-electron chi connectivity index (χ0n) is 18.4. The number of hydrogen-bond donors (Lipinski definition) is 2. The van der Waals surface area contributed by atoms with Gasteiger partial charge in [0.1, 0.15) is 23.7 Å². The molecule has 8 nitrogen and oxygen atoms in total. The second-order valence-corrected chi connectivity index (χ2v) is 7.30. The molecule has 8 heteroatoms. The van der Waals surface area contributed by atoms with Crippen LogP contribution in [-0.2, 0) is 6.61 Å². The Bertz CT molecular complexity index is 1320. The van der Waals surface area contributed by atoms with Crippen molar-refractivity contribution >= 4 is 29.1 Å². The van der Waals surface area contributed by atoms with Crippen molar-refractivity contribution in [2.45, 2.75) is 13.5 Å². The van der Waals surface area contributed by atoms with E-state index >= 15 is 0 Å². The highest BCUT2D eigenvalue weighted by atomic mass is 16.5. The van der Waals surface area contributed by atoms with Crippen molar-refractivity contribution < 1.29 is 28.6 Å². The summed E-state index contributed by atoms with van der Waals surface area (Å²) in [7, 11) is 0. The topological polar surface area (TPSA) is 110 Å². The number of fused-ring (bicyclic) bond motifs is 1. The Morgan fingerprint density at radius 2 is 1.71 bits per heavy atom. The molecule has 3 aromatic carbocycles. The van der Waals surface area contributed by atoms with Crippen LogP contribution in [0.2, 0.25) is 0 Å². The highest BCUT2D eigenvalue weighted by Gasteiger charge is 2.12. The first-order chi connectivity index (χ1) is 16.5. The number of furan rings is 1. The van der Waals surface area contributed by atoms with Gasteiger partial charge in [0.25, 0.3) is 0 Å². The molecular weight excluding hydrogens is 436 g/mol. The Hall–Kier alpha value is -4.59. The van der Waals surface area contributed by atoms with E-state index in [0.29, 0.717) is 30.3 Å². The Labute approximate surface area is 195 Å². The molecule has 172 valence electrons. The Balaban J connectivity index is 1.30. The van der Waals surface area contributed by atoms with Gasteiger partial charge in [-0.05, 0) is 78.7 Å². The summed E-state index contributed by atoms with van der Waals surface area (Å²) >= 11 is 0. The van der Waals surface area contributed by atoms with Crippen LogP contribution in [-0.4, -0.2) is 29.8 Å². The van der Waals surface area contributed by atoms with Crippen molar-refractivity contribution in [1.82, 2.24) is 5.43 Å². The van der Waals surface area contributed by atoms with E-state index in [1.807, 2.05) is 13.0 Å². The molecule has 0 saturated heterocycles. The molecule has 0 unspecified atom stereocenters. The van der Waals surface area contributed by atoms with Crippen LogP contribution in [0.25, 0.3) is 11.0 Å². The molecule has 1 heterocycles. The van der Waals surface area contributed by atoms with Crippen LogP contribution < -0.4 is 14.9 Å². The number of ether oxygens (including phenoxy) is 2. The third-order valence-electron chi connectivity index (χ3n) is 4.89. The van der Waals surface area contributed by atoms with Crippen LogP contribution in [0.15, 0.2) is 82.3 Å². The standard InChI is InChI=1S/C26H22N2O6/c1-2-32-22-11-12-23-20(13-22)14-24(34-23)25(29)28-27-15-17-5-9-21(10-6-17)33-16-18-3-7-19(8-4-18)26(30)31/h3-15H,2,16H2,1H3,(H,28,29)(H,30,31)/b27-15+. The van der Waals surface area contributed by atoms with Crippen LogP contribution in [0, 0.1) is 0 Å². The maximum Gasteiger partial charge on any atom is 0.335 e. The van der Waals surface area contributed by atoms with Gasteiger partial charge < -0.3 is 19.0 Å². The number of carbonyl (C=O) groups is 2. The smallest absolute Gasteiger partial charge is 0.335 e. The molecule has 0 spiro atoms. The minimum absolute atomic E-state index is 0.154. The molecule has 0 atom stereocenters. The number of rotatable bonds is 9. The van der Waals surface area contributed by atoms with Gasteiger partial charge in [0, 0.05) is 5.39 Å². The Kier molecular flexibility index (Phi) is 6.88. The number of nitrogens with zero attached hydrogens (tertiary/aromatic N) is 1. The zero-order chi connectivity index (χ0) is 23.9. The highest BCUT2D eigenvalue weighted by molar-refractivity contribution is 5.96. The number of carboxylic acids is 1. The van der Waals surface area contributed by atoms with Gasteiger partial charge in [-0.15, -0.1) is 0 Å². The predicted molar refractivity (Wildman–Crippen MR) is 127 cm³/mol. The van der Waals surface area contributed by atoms with Crippen molar-refractivity contribution in [2.24, 2.45) is 5.10 Å². The SMILES string of the molecule is CCOc1ccc2oc(C(=O)N/N=C/c3ccc(OCc4ccc(C(=O)O)cc4)cc3)cc2c1. The number of aromatic carboxylic acids is 1. The maximum absolute atomic E-state index is 12.3. The summed E-state index contributed by atoms with van der Waals surface area (Å²) in [6, 6.07) is 20.7. The Morgan fingerprint density at radius 1 is 0.971 bits per heavy atom. The third-order valence-corrected chi connectivity index (χ3v) is 4.89. The van der Waals surface area contributed by atoms with E-state index in [4.69, 9.17) is 19.0 Å². The van der Waals surface area contributed by atoms with E-state index in [-0.39, 0.29) is 11.3 Å². The summed E-state index contributed by atoms with van der Waals surface area (Å²) in [6.45, 7) is 2.77. The van der Waals surface area contributed by atoms with Crippen LogP contribution in [0.1, 0.15) is 39.0 Å². The lowest BCUT2D eigenvalue weighted by molar-refractivity contribution is 0.0696. The fraction of sp³-hybridized carbons (Fsp3) is 0.115. The summed E-state index contributed by atoms with van der Waals surface area (Å²) in [5.41, 5.74) is 4.90. The van der Waals surface area contributed by atoms with E-state index in [9.17, 15) is 9.59 Å². The molecular formula is C26H22N2O6. The van der Waals surface area contributed by atoms with Crippen LogP contribution in [0.5, 0.6) is 11.5 Å². The summed E-state index contributed by atoms with van der Waals surface area (Å²) in [6.07, 6.45) is 1.52. The van der Waals surface area contributed by atoms with E-state index < -0.39 is 11.9 Å². The normalized spacial score (nSPS) is 11.0. The lowest BCUT2D eigenvalue weighted by atomic mass is 10.1. The second-order valence-electron chi connectivity index (χ2n) is 7.30. The van der Waals surface area contributed by atoms with Crippen molar-refractivity contribution in [3.63, 3.8) is 0 Å². The molecule has 0 radical (unpaired) electrons. The lowest BCUT2D eigenvalue weighted by Gasteiger charge is -2.07. The van der Waals surface area contributed by atoms with Gasteiger partial charge in [-0.2, -0.15) is 5.10 Å². The van der Waals surface area contributed by atoms with Crippen LogP contribution in [0.4, 0.5) is 0 Å². The van der Waals surface area contributed by atoms with Crippen molar-refractivity contribution in [1.29, 1.82) is 0 Å². The molecule has 0 bridgehead atoms. The average molecular weight is 458 g/mol. The van der Waals surface area contributed by atoms with Crippen molar-refractivity contribution in [3.8, 4) is 11.5 Å². The van der Waals surface area contributed by atoms with E-state index in [1.165, 1.54) is 6.21 Å². The molecule has 4 rings (SSSR count).